The molecule has 1 fully saturated rings. The van der Waals surface area contributed by atoms with Crippen LogP contribution >= 0.6 is 0 Å². The van der Waals surface area contributed by atoms with Gasteiger partial charge in [0.1, 0.15) is 0 Å². The lowest BCUT2D eigenvalue weighted by molar-refractivity contribution is 0.181. The first-order chi connectivity index (χ1) is 4.81. The van der Waals surface area contributed by atoms with Crippen molar-refractivity contribution in [2.45, 2.75) is 47.0 Å². The molecule has 1 aliphatic carbocycles. The van der Waals surface area contributed by atoms with E-state index < -0.39 is 0 Å². The third kappa shape index (κ3) is 2.32. The molecule has 0 amide bonds. The first-order valence-corrected chi connectivity index (χ1v) is 4.37. The van der Waals surface area contributed by atoms with E-state index in [9.17, 15) is 0 Å². The van der Waals surface area contributed by atoms with Crippen LogP contribution in [0.1, 0.15) is 47.0 Å². The Labute approximate surface area is 69.7 Å². The lowest BCUT2D eigenvalue weighted by atomic mass is 9.65. The summed E-state index contributed by atoms with van der Waals surface area (Å²) >= 11 is 0. The lowest BCUT2D eigenvalue weighted by Gasteiger charge is -2.40. The second kappa shape index (κ2) is 2.33. The van der Waals surface area contributed by atoms with E-state index in [4.69, 9.17) is 5.41 Å². The van der Waals surface area contributed by atoms with Gasteiger partial charge in [0.25, 0.3) is 0 Å². The van der Waals surface area contributed by atoms with E-state index in [2.05, 4.69) is 27.7 Å². The molecule has 1 heteroatoms. The number of hydrogen-bond donors (Lipinski definition) is 1. The average molecular weight is 153 g/mol. The first-order valence-electron chi connectivity index (χ1n) is 4.37. The van der Waals surface area contributed by atoms with E-state index >= 15 is 0 Å². The Morgan fingerprint density at radius 1 is 1.00 bits per heavy atom. The molecule has 0 saturated heterocycles. The molecule has 1 nitrogen and oxygen atoms in total. The molecular weight excluding hydrogens is 134 g/mol. The molecule has 0 aromatic rings. The molecule has 0 radical (unpaired) electrons. The molecule has 1 saturated carbocycles. The van der Waals surface area contributed by atoms with Crippen LogP contribution in [0.3, 0.4) is 0 Å². The van der Waals surface area contributed by atoms with Crippen LogP contribution in [0.5, 0.6) is 0 Å². The molecule has 0 bridgehead atoms. The van der Waals surface area contributed by atoms with Gasteiger partial charge in [-0.1, -0.05) is 27.7 Å². The van der Waals surface area contributed by atoms with Gasteiger partial charge in [-0.2, -0.15) is 0 Å². The molecule has 0 unspecified atom stereocenters. The fourth-order valence-electron chi connectivity index (χ4n) is 2.64. The summed E-state index contributed by atoms with van der Waals surface area (Å²) in [6.45, 7) is 9.07. The monoisotopic (exact) mass is 153 g/mol. The molecule has 11 heavy (non-hydrogen) atoms. The van der Waals surface area contributed by atoms with Crippen LogP contribution < -0.4 is 0 Å². The molecule has 1 aliphatic rings. The quantitative estimate of drug-likeness (QED) is 0.552. The molecule has 0 aromatic carbocycles. The summed E-state index contributed by atoms with van der Waals surface area (Å²) in [5.74, 6) is 0. The Morgan fingerprint density at radius 3 is 1.64 bits per heavy atom. The van der Waals surface area contributed by atoms with Crippen molar-refractivity contribution in [1.82, 2.24) is 0 Å². The molecule has 0 aliphatic heterocycles. The highest BCUT2D eigenvalue weighted by atomic mass is 14.5. The van der Waals surface area contributed by atoms with Crippen molar-refractivity contribution in [3.63, 3.8) is 0 Å². The summed E-state index contributed by atoms with van der Waals surface area (Å²) < 4.78 is 0. The second-order valence-corrected chi connectivity index (χ2v) is 5.46. The van der Waals surface area contributed by atoms with E-state index in [1.807, 2.05) is 0 Å². The zero-order valence-electron chi connectivity index (χ0n) is 8.12. The third-order valence-corrected chi connectivity index (χ3v) is 2.34. The molecule has 0 spiro atoms. The van der Waals surface area contributed by atoms with E-state index in [0.29, 0.717) is 10.8 Å². The molecule has 0 aromatic heterocycles. The normalized spacial score (nSPS) is 28.5. The average Bonchev–Trinajstić information content (AvgIpc) is 1.49. The van der Waals surface area contributed by atoms with Crippen LogP contribution in [0.25, 0.3) is 0 Å². The maximum absolute atomic E-state index is 7.70. The van der Waals surface area contributed by atoms with Gasteiger partial charge in [0.2, 0.25) is 0 Å². The van der Waals surface area contributed by atoms with Crippen LogP contribution in [-0.4, -0.2) is 5.71 Å². The summed E-state index contributed by atoms with van der Waals surface area (Å²) in [5.41, 5.74) is 1.66. The molecule has 0 heterocycles. The first kappa shape index (κ1) is 8.76. The van der Waals surface area contributed by atoms with Crippen molar-refractivity contribution >= 4 is 5.71 Å². The second-order valence-electron chi connectivity index (χ2n) is 5.46. The van der Waals surface area contributed by atoms with Gasteiger partial charge in [0.05, 0.1) is 0 Å². The summed E-state index contributed by atoms with van der Waals surface area (Å²) in [4.78, 5) is 0. The van der Waals surface area contributed by atoms with Crippen LogP contribution in [0.2, 0.25) is 0 Å². The molecule has 0 atom stereocenters. The maximum atomic E-state index is 7.70. The minimum atomic E-state index is 0.360. The molecule has 1 N–H and O–H groups in total. The lowest BCUT2D eigenvalue weighted by Crippen LogP contribution is -2.33. The Kier molecular flexibility index (Phi) is 1.85. The van der Waals surface area contributed by atoms with Gasteiger partial charge >= 0.3 is 0 Å². The highest BCUT2D eigenvalue weighted by Crippen LogP contribution is 2.43. The van der Waals surface area contributed by atoms with Gasteiger partial charge in [0.15, 0.2) is 0 Å². The van der Waals surface area contributed by atoms with Gasteiger partial charge in [0, 0.05) is 5.71 Å². The summed E-state index contributed by atoms with van der Waals surface area (Å²) in [5, 5.41) is 7.70. The van der Waals surface area contributed by atoms with Crippen molar-refractivity contribution in [3.8, 4) is 0 Å². The smallest absolute Gasteiger partial charge is 0.00998 e. The third-order valence-electron chi connectivity index (χ3n) is 2.34. The van der Waals surface area contributed by atoms with E-state index in [1.54, 1.807) is 0 Å². The SMILES string of the molecule is CC1(C)CC(=N)CC(C)(C)C1. The van der Waals surface area contributed by atoms with Crippen molar-refractivity contribution < 1.29 is 0 Å². The predicted octanol–water partition coefficient (Wildman–Crippen LogP) is 3.24. The standard InChI is InChI=1S/C10H19N/c1-9(2)5-8(11)6-10(3,4)7-9/h11H,5-7H2,1-4H3. The maximum Gasteiger partial charge on any atom is 0.00998 e. The van der Waals surface area contributed by atoms with Crippen LogP contribution in [0.4, 0.5) is 0 Å². The predicted molar refractivity (Wildman–Crippen MR) is 49.1 cm³/mol. The van der Waals surface area contributed by atoms with Crippen LogP contribution in [0, 0.1) is 16.2 Å². The molecular formula is C10H19N. The summed E-state index contributed by atoms with van der Waals surface area (Å²) in [6.07, 6.45) is 3.25. The minimum Gasteiger partial charge on any atom is -0.310 e. The Morgan fingerprint density at radius 2 is 1.36 bits per heavy atom. The van der Waals surface area contributed by atoms with Gasteiger partial charge in [-0.05, 0) is 30.1 Å². The zero-order chi connectivity index (χ0) is 8.70. The summed E-state index contributed by atoms with van der Waals surface area (Å²) in [6, 6.07) is 0. The van der Waals surface area contributed by atoms with Crippen molar-refractivity contribution in [1.29, 1.82) is 5.41 Å². The highest BCUT2D eigenvalue weighted by Gasteiger charge is 2.35. The van der Waals surface area contributed by atoms with Crippen LogP contribution in [-0.2, 0) is 0 Å². The van der Waals surface area contributed by atoms with Gasteiger partial charge in [-0.25, -0.2) is 0 Å². The zero-order valence-corrected chi connectivity index (χ0v) is 8.12. The summed E-state index contributed by atoms with van der Waals surface area (Å²) in [7, 11) is 0. The van der Waals surface area contributed by atoms with E-state index in [1.165, 1.54) is 6.42 Å². The molecule has 64 valence electrons. The van der Waals surface area contributed by atoms with E-state index in [0.717, 1.165) is 18.6 Å². The number of rotatable bonds is 0. The fourth-order valence-corrected chi connectivity index (χ4v) is 2.64. The van der Waals surface area contributed by atoms with Crippen molar-refractivity contribution in [2.24, 2.45) is 10.8 Å². The fraction of sp³-hybridized carbons (Fsp3) is 0.900. The highest BCUT2D eigenvalue weighted by molar-refractivity contribution is 5.83. The topological polar surface area (TPSA) is 23.9 Å². The van der Waals surface area contributed by atoms with Crippen LogP contribution in [0.15, 0.2) is 0 Å². The van der Waals surface area contributed by atoms with E-state index in [-0.39, 0.29) is 0 Å². The Balaban J connectivity index is 2.74. The molecule has 1 rings (SSSR count). The van der Waals surface area contributed by atoms with Crippen molar-refractivity contribution in [3.05, 3.63) is 0 Å². The largest absolute Gasteiger partial charge is 0.310 e. The number of nitrogens with one attached hydrogen (secondary N) is 1. The Hall–Kier alpha value is -0.330. The van der Waals surface area contributed by atoms with Gasteiger partial charge in [-0.3, -0.25) is 0 Å². The van der Waals surface area contributed by atoms with Gasteiger partial charge < -0.3 is 5.41 Å². The minimum absolute atomic E-state index is 0.360. The number of hydrogen-bond acceptors (Lipinski definition) is 1. The van der Waals surface area contributed by atoms with Gasteiger partial charge in [-0.15, -0.1) is 0 Å². The Bertz CT molecular complexity index is 159. The van der Waals surface area contributed by atoms with Crippen molar-refractivity contribution in [2.75, 3.05) is 0 Å².